The molecule has 7 nitrogen and oxygen atoms in total. The Morgan fingerprint density at radius 1 is 1.04 bits per heavy atom. The van der Waals surface area contributed by atoms with Crippen molar-refractivity contribution in [3.8, 4) is 11.5 Å². The Morgan fingerprint density at radius 3 is 2.33 bits per heavy atom. The number of aryl methyl sites for hydroxylation is 1. The lowest BCUT2D eigenvalue weighted by Gasteiger charge is -2.17. The van der Waals surface area contributed by atoms with Crippen molar-refractivity contribution < 1.29 is 22.7 Å². The van der Waals surface area contributed by atoms with Crippen molar-refractivity contribution in [2.75, 3.05) is 19.5 Å². The Morgan fingerprint density at radius 2 is 1.70 bits per heavy atom. The summed E-state index contributed by atoms with van der Waals surface area (Å²) in [4.78, 5) is 12.4. The van der Waals surface area contributed by atoms with Gasteiger partial charge in [-0.15, -0.1) is 0 Å². The van der Waals surface area contributed by atoms with Gasteiger partial charge in [-0.2, -0.15) is 4.72 Å². The minimum absolute atomic E-state index is 0.0217. The van der Waals surface area contributed by atoms with Crippen molar-refractivity contribution in [1.82, 2.24) is 4.72 Å². The summed E-state index contributed by atoms with van der Waals surface area (Å²) in [6.45, 7) is 5.32. The Bertz CT molecular complexity index is 941. The third-order valence-electron chi connectivity index (χ3n) is 4.25. The quantitative estimate of drug-likeness (QED) is 0.755. The number of anilines is 1. The minimum Gasteiger partial charge on any atom is -0.493 e. The van der Waals surface area contributed by atoms with Gasteiger partial charge in [0.1, 0.15) is 0 Å². The van der Waals surface area contributed by atoms with E-state index < -0.39 is 22.0 Å². The molecule has 0 saturated carbocycles. The second kappa shape index (κ2) is 8.41. The normalized spacial score (nSPS) is 12.3. The molecule has 0 fully saturated rings. The molecule has 1 atom stereocenters. The summed E-state index contributed by atoms with van der Waals surface area (Å²) in [5.74, 6) is 0.248. The maximum atomic E-state index is 12.6. The van der Waals surface area contributed by atoms with Crippen LogP contribution < -0.4 is 19.5 Å². The molecule has 2 N–H and O–H groups in total. The van der Waals surface area contributed by atoms with Gasteiger partial charge in [0, 0.05) is 11.8 Å². The van der Waals surface area contributed by atoms with Crippen molar-refractivity contribution in [2.24, 2.45) is 0 Å². The van der Waals surface area contributed by atoms with E-state index in [0.29, 0.717) is 11.4 Å². The molecule has 0 bridgehead atoms. The maximum absolute atomic E-state index is 12.6. The number of hydrogen-bond acceptors (Lipinski definition) is 5. The number of ether oxygens (including phenoxy) is 2. The lowest BCUT2D eigenvalue weighted by molar-refractivity contribution is -0.117. The summed E-state index contributed by atoms with van der Waals surface area (Å²) in [6, 6.07) is 8.80. The third kappa shape index (κ3) is 4.78. The largest absolute Gasteiger partial charge is 0.493 e. The van der Waals surface area contributed by atoms with Gasteiger partial charge in [0.25, 0.3) is 0 Å². The molecular weight excluding hydrogens is 368 g/mol. The summed E-state index contributed by atoms with van der Waals surface area (Å²) in [6.07, 6.45) is 0. The molecule has 0 saturated heterocycles. The molecule has 0 heterocycles. The smallest absolute Gasteiger partial charge is 0.242 e. The molecule has 0 aliphatic carbocycles. The first-order chi connectivity index (χ1) is 12.7. The fraction of sp³-hybridized carbons (Fsp3) is 0.316. The van der Waals surface area contributed by atoms with E-state index in [1.807, 2.05) is 26.0 Å². The van der Waals surface area contributed by atoms with Crippen molar-refractivity contribution in [3.63, 3.8) is 0 Å². The van der Waals surface area contributed by atoms with Crippen molar-refractivity contribution in [2.45, 2.75) is 31.7 Å². The van der Waals surface area contributed by atoms with Crippen molar-refractivity contribution in [1.29, 1.82) is 0 Å². The van der Waals surface area contributed by atoms with Crippen LogP contribution in [0.2, 0.25) is 0 Å². The van der Waals surface area contributed by atoms with E-state index in [1.54, 1.807) is 6.07 Å². The van der Waals surface area contributed by atoms with E-state index in [9.17, 15) is 13.2 Å². The zero-order chi connectivity index (χ0) is 20.2. The highest BCUT2D eigenvalue weighted by Gasteiger charge is 2.23. The lowest BCUT2D eigenvalue weighted by Crippen LogP contribution is -2.41. The van der Waals surface area contributed by atoms with Crippen LogP contribution >= 0.6 is 0 Å². The van der Waals surface area contributed by atoms with E-state index in [1.165, 1.54) is 39.3 Å². The molecule has 0 spiro atoms. The van der Waals surface area contributed by atoms with Crippen molar-refractivity contribution >= 4 is 21.6 Å². The summed E-state index contributed by atoms with van der Waals surface area (Å²) in [5, 5.41) is 2.76. The first-order valence-electron chi connectivity index (χ1n) is 8.31. The highest BCUT2D eigenvalue weighted by atomic mass is 32.2. The number of methoxy groups -OCH3 is 2. The first-order valence-corrected chi connectivity index (χ1v) is 9.79. The van der Waals surface area contributed by atoms with Gasteiger partial charge in [0.15, 0.2) is 11.5 Å². The summed E-state index contributed by atoms with van der Waals surface area (Å²) < 4.78 is 37.8. The van der Waals surface area contributed by atoms with Crippen LogP contribution in [-0.4, -0.2) is 34.6 Å². The molecule has 0 radical (unpaired) electrons. The molecule has 0 aliphatic heterocycles. The van der Waals surface area contributed by atoms with E-state index in [4.69, 9.17) is 9.47 Å². The molecule has 8 heteroatoms. The number of sulfonamides is 1. The molecule has 1 amide bonds. The van der Waals surface area contributed by atoms with Gasteiger partial charge in [-0.3, -0.25) is 4.79 Å². The van der Waals surface area contributed by atoms with Gasteiger partial charge in [-0.1, -0.05) is 12.1 Å². The Hall–Kier alpha value is -2.58. The predicted octanol–water partition coefficient (Wildman–Crippen LogP) is 2.63. The van der Waals surface area contributed by atoms with E-state index in [2.05, 4.69) is 10.0 Å². The average molecular weight is 392 g/mol. The molecule has 146 valence electrons. The predicted molar refractivity (Wildman–Crippen MR) is 104 cm³/mol. The number of hydrogen-bond donors (Lipinski definition) is 2. The monoisotopic (exact) mass is 392 g/mol. The molecule has 27 heavy (non-hydrogen) atoms. The van der Waals surface area contributed by atoms with Gasteiger partial charge >= 0.3 is 0 Å². The fourth-order valence-corrected chi connectivity index (χ4v) is 3.68. The van der Waals surface area contributed by atoms with Crippen molar-refractivity contribution in [3.05, 3.63) is 47.5 Å². The number of amides is 1. The SMILES string of the molecule is COc1ccc(S(=O)(=O)N[C@H](C)C(=O)Nc2cccc(C)c2C)cc1OC. The van der Waals surface area contributed by atoms with E-state index in [-0.39, 0.29) is 10.6 Å². The van der Waals surface area contributed by atoms with E-state index in [0.717, 1.165) is 11.1 Å². The molecule has 0 aromatic heterocycles. The Labute approximate surface area is 159 Å². The van der Waals surface area contributed by atoms with Gasteiger partial charge in [-0.05, 0) is 50.1 Å². The van der Waals surface area contributed by atoms with Gasteiger partial charge < -0.3 is 14.8 Å². The summed E-state index contributed by atoms with van der Waals surface area (Å²) >= 11 is 0. The lowest BCUT2D eigenvalue weighted by atomic mass is 10.1. The molecule has 2 rings (SSSR count). The van der Waals surface area contributed by atoms with Gasteiger partial charge in [-0.25, -0.2) is 8.42 Å². The highest BCUT2D eigenvalue weighted by Crippen LogP contribution is 2.29. The van der Waals surface area contributed by atoms with E-state index >= 15 is 0 Å². The topological polar surface area (TPSA) is 93.7 Å². The second-order valence-electron chi connectivity index (χ2n) is 6.10. The average Bonchev–Trinajstić information content (AvgIpc) is 2.64. The highest BCUT2D eigenvalue weighted by molar-refractivity contribution is 7.89. The third-order valence-corrected chi connectivity index (χ3v) is 5.79. The Kier molecular flexibility index (Phi) is 6.45. The molecular formula is C19H24N2O5S. The van der Waals surface area contributed by atoms with Gasteiger partial charge in [0.2, 0.25) is 15.9 Å². The summed E-state index contributed by atoms with van der Waals surface area (Å²) in [7, 11) is -1.04. The number of rotatable bonds is 7. The zero-order valence-electron chi connectivity index (χ0n) is 16.0. The number of carbonyl (C=O) groups excluding carboxylic acids is 1. The first kappa shape index (κ1) is 20.7. The van der Waals surface area contributed by atoms with Crippen LogP contribution in [0.15, 0.2) is 41.3 Å². The fourth-order valence-electron chi connectivity index (χ4n) is 2.47. The number of carbonyl (C=O) groups is 1. The molecule has 2 aromatic carbocycles. The number of benzene rings is 2. The van der Waals surface area contributed by atoms with Gasteiger partial charge in [0.05, 0.1) is 25.2 Å². The van der Waals surface area contributed by atoms with Crippen LogP contribution in [0, 0.1) is 13.8 Å². The van der Waals surface area contributed by atoms with Crippen LogP contribution in [-0.2, 0) is 14.8 Å². The number of nitrogens with one attached hydrogen (secondary N) is 2. The summed E-state index contributed by atoms with van der Waals surface area (Å²) in [5.41, 5.74) is 2.62. The molecule has 0 aliphatic rings. The maximum Gasteiger partial charge on any atom is 0.242 e. The minimum atomic E-state index is -3.92. The van der Waals surface area contributed by atoms with Crippen LogP contribution in [0.5, 0.6) is 11.5 Å². The standard InChI is InChI=1S/C19H24N2O5S/c1-12-7-6-8-16(13(12)2)20-19(22)14(3)21-27(23,24)15-9-10-17(25-4)18(11-15)26-5/h6-11,14,21H,1-5H3,(H,20,22)/t14-/m1/s1. The molecule has 2 aromatic rings. The zero-order valence-corrected chi connectivity index (χ0v) is 16.8. The Balaban J connectivity index is 2.17. The second-order valence-corrected chi connectivity index (χ2v) is 7.81. The van der Waals surface area contributed by atoms with Crippen LogP contribution in [0.4, 0.5) is 5.69 Å². The van der Waals surface area contributed by atoms with Crippen LogP contribution in [0.1, 0.15) is 18.1 Å². The molecule has 0 unspecified atom stereocenters. The van der Waals surface area contributed by atoms with Crippen LogP contribution in [0.3, 0.4) is 0 Å². The van der Waals surface area contributed by atoms with Crippen LogP contribution in [0.25, 0.3) is 0 Å².